The fourth-order valence-electron chi connectivity index (χ4n) is 2.95. The topological polar surface area (TPSA) is 68.3 Å². The van der Waals surface area contributed by atoms with Gasteiger partial charge in [-0.1, -0.05) is 24.3 Å². The highest BCUT2D eigenvalue weighted by molar-refractivity contribution is 6.11. The fraction of sp³-hybridized carbons (Fsp3) is 0.174. The summed E-state index contributed by atoms with van der Waals surface area (Å²) in [5, 5.41) is 2.34. The first-order valence-corrected chi connectivity index (χ1v) is 9.46. The lowest BCUT2D eigenvalue weighted by Crippen LogP contribution is -2.17. The minimum absolute atomic E-state index is 0.0703. The number of hydrogen-bond donors (Lipinski definition) is 1. The van der Waals surface area contributed by atoms with E-state index in [9.17, 15) is 22.8 Å². The van der Waals surface area contributed by atoms with E-state index in [0.717, 1.165) is 12.1 Å². The third-order valence-electron chi connectivity index (χ3n) is 4.33. The van der Waals surface area contributed by atoms with E-state index in [0.29, 0.717) is 16.8 Å². The quantitative estimate of drug-likeness (QED) is 0.405. The lowest BCUT2D eigenvalue weighted by molar-refractivity contribution is -0.138. The molecular weight excluding hydrogens is 409 g/mol. The van der Waals surface area contributed by atoms with E-state index in [1.165, 1.54) is 6.07 Å². The van der Waals surface area contributed by atoms with Gasteiger partial charge < -0.3 is 10.1 Å². The van der Waals surface area contributed by atoms with Crippen molar-refractivity contribution in [3.05, 3.63) is 78.0 Å². The van der Waals surface area contributed by atoms with Crippen LogP contribution in [0.3, 0.4) is 0 Å². The van der Waals surface area contributed by atoms with Gasteiger partial charge in [-0.3, -0.25) is 14.6 Å². The monoisotopic (exact) mass is 428 g/mol. The Balaban J connectivity index is 1.72. The summed E-state index contributed by atoms with van der Waals surface area (Å²) in [6.45, 7) is 1.64. The van der Waals surface area contributed by atoms with Crippen molar-refractivity contribution in [1.29, 1.82) is 0 Å². The number of Topliss-reactive ketones (excluding diaryl/α,β-unsaturated/α-hetero) is 1. The van der Waals surface area contributed by atoms with Crippen molar-refractivity contribution in [2.45, 2.75) is 19.5 Å². The van der Waals surface area contributed by atoms with Crippen LogP contribution >= 0.6 is 0 Å². The molecule has 0 aliphatic rings. The van der Waals surface area contributed by atoms with Crippen LogP contribution in [0.4, 0.5) is 18.9 Å². The summed E-state index contributed by atoms with van der Waals surface area (Å²) in [5.74, 6) is -1.50. The Morgan fingerprint density at radius 2 is 1.84 bits per heavy atom. The number of ether oxygens (including phenoxy) is 1. The van der Waals surface area contributed by atoms with Gasteiger partial charge in [-0.2, -0.15) is 13.2 Å². The molecule has 8 heteroatoms. The maximum absolute atomic E-state index is 13.2. The molecule has 1 heterocycles. The van der Waals surface area contributed by atoms with Crippen molar-refractivity contribution in [1.82, 2.24) is 4.98 Å². The van der Waals surface area contributed by atoms with E-state index in [4.69, 9.17) is 4.74 Å². The van der Waals surface area contributed by atoms with Crippen LogP contribution in [0.1, 0.15) is 29.3 Å². The molecule has 1 aromatic heterocycles. The molecule has 0 bridgehead atoms. The smallest absolute Gasteiger partial charge is 0.420 e. The van der Waals surface area contributed by atoms with Gasteiger partial charge in [0.05, 0.1) is 24.3 Å². The number of amides is 1. The molecule has 3 rings (SSSR count). The first kappa shape index (κ1) is 22.0. The number of carbonyl (C=O) groups is 2. The zero-order valence-corrected chi connectivity index (χ0v) is 16.6. The number of ketones is 1. The number of rotatable bonds is 7. The summed E-state index contributed by atoms with van der Waals surface area (Å²) in [7, 11) is 0. The van der Waals surface area contributed by atoms with E-state index in [2.05, 4.69) is 10.3 Å². The molecule has 0 saturated heterocycles. The van der Waals surface area contributed by atoms with Crippen LogP contribution in [0.25, 0.3) is 11.3 Å². The predicted octanol–water partition coefficient (Wildman–Crippen LogP) is 5.38. The van der Waals surface area contributed by atoms with E-state index in [1.807, 2.05) is 6.07 Å². The maximum atomic E-state index is 13.2. The third-order valence-corrected chi connectivity index (χ3v) is 4.33. The fourth-order valence-corrected chi connectivity index (χ4v) is 2.95. The first-order valence-electron chi connectivity index (χ1n) is 9.46. The highest BCUT2D eigenvalue weighted by atomic mass is 19.4. The Labute approximate surface area is 176 Å². The molecule has 5 nitrogen and oxygen atoms in total. The van der Waals surface area contributed by atoms with Gasteiger partial charge in [0, 0.05) is 23.0 Å². The Morgan fingerprint density at radius 3 is 2.52 bits per heavy atom. The van der Waals surface area contributed by atoms with Crippen LogP contribution in [-0.2, 0) is 11.0 Å². The number of halogens is 3. The van der Waals surface area contributed by atoms with Crippen LogP contribution in [0, 0.1) is 0 Å². The Kier molecular flexibility index (Phi) is 6.69. The van der Waals surface area contributed by atoms with Gasteiger partial charge in [0.1, 0.15) is 5.75 Å². The van der Waals surface area contributed by atoms with Crippen molar-refractivity contribution < 1.29 is 27.5 Å². The molecular formula is C23H19F3N2O3. The highest BCUT2D eigenvalue weighted by Gasteiger charge is 2.34. The number of alkyl halides is 3. The van der Waals surface area contributed by atoms with E-state index in [1.54, 1.807) is 49.5 Å². The number of pyridine rings is 1. The molecule has 31 heavy (non-hydrogen) atoms. The van der Waals surface area contributed by atoms with Crippen molar-refractivity contribution in [3.63, 3.8) is 0 Å². The van der Waals surface area contributed by atoms with Crippen LogP contribution in [0.15, 0.2) is 66.9 Å². The summed E-state index contributed by atoms with van der Waals surface area (Å²) < 4.78 is 44.7. The predicted molar refractivity (Wildman–Crippen MR) is 110 cm³/mol. The molecule has 0 fully saturated rings. The molecule has 0 aliphatic carbocycles. The minimum Gasteiger partial charge on any atom is -0.493 e. The highest BCUT2D eigenvalue weighted by Crippen LogP contribution is 2.38. The number of hydrogen-bond acceptors (Lipinski definition) is 4. The summed E-state index contributed by atoms with van der Waals surface area (Å²) in [5.41, 5.74) is 0.627. The molecule has 3 aromatic rings. The molecule has 0 atom stereocenters. The standard InChI is InChI=1S/C23H19F3N2O3/c1-2-31-21-10-9-17(13-18(21)23(24,25)26)28-22(30)14-20(29)16-7-5-6-15(12-16)19-8-3-4-11-27-19/h3-13H,2,14H2,1H3,(H,28,30). The average molecular weight is 428 g/mol. The summed E-state index contributed by atoms with van der Waals surface area (Å²) in [6, 6.07) is 15.3. The minimum atomic E-state index is -4.65. The van der Waals surface area contributed by atoms with Crippen molar-refractivity contribution in [2.24, 2.45) is 0 Å². The number of benzene rings is 2. The van der Waals surface area contributed by atoms with Crippen molar-refractivity contribution >= 4 is 17.4 Å². The zero-order valence-electron chi connectivity index (χ0n) is 16.6. The van der Waals surface area contributed by atoms with Gasteiger partial charge in [0.2, 0.25) is 5.91 Å². The molecule has 0 aliphatic heterocycles. The second kappa shape index (κ2) is 9.42. The average Bonchev–Trinajstić information content (AvgIpc) is 2.75. The van der Waals surface area contributed by atoms with Gasteiger partial charge >= 0.3 is 6.18 Å². The summed E-state index contributed by atoms with van der Waals surface area (Å²) in [6.07, 6.45) is -3.53. The summed E-state index contributed by atoms with van der Waals surface area (Å²) in [4.78, 5) is 29.0. The third kappa shape index (κ3) is 5.69. The van der Waals surface area contributed by atoms with Gasteiger partial charge in [-0.05, 0) is 43.3 Å². The van der Waals surface area contributed by atoms with Gasteiger partial charge in [-0.15, -0.1) is 0 Å². The molecule has 2 aromatic carbocycles. The number of nitrogens with zero attached hydrogens (tertiary/aromatic N) is 1. The molecule has 0 unspecified atom stereocenters. The second-order valence-electron chi connectivity index (χ2n) is 6.59. The zero-order chi connectivity index (χ0) is 22.4. The van der Waals surface area contributed by atoms with Gasteiger partial charge in [-0.25, -0.2) is 0 Å². The van der Waals surface area contributed by atoms with E-state index in [-0.39, 0.29) is 18.0 Å². The van der Waals surface area contributed by atoms with Gasteiger partial charge in [0.15, 0.2) is 5.78 Å². The Hall–Kier alpha value is -3.68. The van der Waals surface area contributed by atoms with Crippen LogP contribution in [0.2, 0.25) is 0 Å². The van der Waals surface area contributed by atoms with Crippen molar-refractivity contribution in [3.8, 4) is 17.0 Å². The molecule has 1 N–H and O–H groups in total. The van der Waals surface area contributed by atoms with Crippen LogP contribution in [-0.4, -0.2) is 23.3 Å². The molecule has 0 saturated carbocycles. The van der Waals surface area contributed by atoms with Crippen molar-refractivity contribution in [2.75, 3.05) is 11.9 Å². The largest absolute Gasteiger partial charge is 0.493 e. The number of nitrogens with one attached hydrogen (secondary N) is 1. The van der Waals surface area contributed by atoms with E-state index >= 15 is 0 Å². The normalized spacial score (nSPS) is 11.1. The Morgan fingerprint density at radius 1 is 1.03 bits per heavy atom. The number of anilines is 1. The van der Waals surface area contributed by atoms with E-state index < -0.39 is 29.9 Å². The summed E-state index contributed by atoms with van der Waals surface area (Å²) >= 11 is 0. The maximum Gasteiger partial charge on any atom is 0.420 e. The van der Waals surface area contributed by atoms with Gasteiger partial charge in [0.25, 0.3) is 0 Å². The SMILES string of the molecule is CCOc1ccc(NC(=O)CC(=O)c2cccc(-c3ccccn3)c2)cc1C(F)(F)F. The lowest BCUT2D eigenvalue weighted by Gasteiger charge is -2.15. The molecule has 0 spiro atoms. The Bertz CT molecular complexity index is 1080. The second-order valence-corrected chi connectivity index (χ2v) is 6.59. The lowest BCUT2D eigenvalue weighted by atomic mass is 10.0. The molecule has 1 amide bonds. The van der Waals surface area contributed by atoms with Crippen LogP contribution < -0.4 is 10.1 Å². The first-order chi connectivity index (χ1) is 14.8. The van der Waals surface area contributed by atoms with Crippen LogP contribution in [0.5, 0.6) is 5.75 Å². The molecule has 0 radical (unpaired) electrons. The number of aromatic nitrogens is 1. The number of carbonyl (C=O) groups excluding carboxylic acids is 2. The molecule has 160 valence electrons.